The van der Waals surface area contributed by atoms with E-state index in [2.05, 4.69) is 5.32 Å². The quantitative estimate of drug-likeness (QED) is 0.916. The van der Waals surface area contributed by atoms with E-state index in [-0.39, 0.29) is 5.91 Å². The molecule has 98 valence electrons. The van der Waals surface area contributed by atoms with Gasteiger partial charge in [-0.05, 0) is 24.3 Å². The third-order valence-electron chi connectivity index (χ3n) is 2.63. The van der Waals surface area contributed by atoms with Gasteiger partial charge in [0.15, 0.2) is 0 Å². The third-order valence-corrected chi connectivity index (χ3v) is 2.63. The predicted molar refractivity (Wildman–Crippen MR) is 72.9 cm³/mol. The van der Waals surface area contributed by atoms with Gasteiger partial charge in [0.25, 0.3) is 5.91 Å². The Hall–Kier alpha value is -2.49. The lowest BCUT2D eigenvalue weighted by Crippen LogP contribution is -2.18. The Balaban J connectivity index is 2.30. The Bertz CT molecular complexity index is 581. The molecule has 0 unspecified atom stereocenters. The van der Waals surface area contributed by atoms with Crippen LogP contribution in [-0.4, -0.2) is 20.1 Å². The van der Waals surface area contributed by atoms with Crippen LogP contribution in [0.2, 0.25) is 0 Å². The van der Waals surface area contributed by atoms with Crippen molar-refractivity contribution in [3.63, 3.8) is 0 Å². The molecule has 2 aromatic carbocycles. The van der Waals surface area contributed by atoms with Crippen molar-refractivity contribution in [1.29, 1.82) is 0 Å². The van der Waals surface area contributed by atoms with E-state index < -0.39 is 0 Å². The number of hydrogen-bond donors (Lipinski definition) is 1. The Kier molecular flexibility index (Phi) is 4.03. The molecule has 1 N–H and O–H groups in total. The van der Waals surface area contributed by atoms with Gasteiger partial charge in [-0.15, -0.1) is 0 Å². The number of carbonyl (C=O) groups excluding carboxylic acids is 1. The number of rotatable bonds is 4. The summed E-state index contributed by atoms with van der Waals surface area (Å²) in [7, 11) is 3.18. The van der Waals surface area contributed by atoms with E-state index in [1.54, 1.807) is 38.4 Å². The molecule has 2 rings (SSSR count). The molecule has 0 aromatic heterocycles. The Labute approximate surface area is 112 Å². The molecule has 0 spiro atoms. The molecule has 0 aliphatic heterocycles. The van der Waals surface area contributed by atoms with Crippen molar-refractivity contribution in [2.24, 2.45) is 0 Å². The van der Waals surface area contributed by atoms with Gasteiger partial charge in [0.05, 0.1) is 12.7 Å². The highest BCUT2D eigenvalue weighted by Gasteiger charge is 2.11. The highest BCUT2D eigenvalue weighted by atomic mass is 16.5. The fourth-order valence-electron chi connectivity index (χ4n) is 1.67. The van der Waals surface area contributed by atoms with E-state index in [0.717, 1.165) is 0 Å². The van der Waals surface area contributed by atoms with Gasteiger partial charge in [0.2, 0.25) is 0 Å². The maximum absolute atomic E-state index is 11.7. The summed E-state index contributed by atoms with van der Waals surface area (Å²) in [5, 5.41) is 2.59. The number of benzene rings is 2. The molecule has 0 atom stereocenters. The van der Waals surface area contributed by atoms with E-state index >= 15 is 0 Å². The highest BCUT2D eigenvalue weighted by molar-refractivity contribution is 5.96. The van der Waals surface area contributed by atoms with E-state index in [1.807, 2.05) is 24.3 Å². The fraction of sp³-hybridized carbons (Fsp3) is 0.133. The van der Waals surface area contributed by atoms with Crippen molar-refractivity contribution in [1.82, 2.24) is 5.32 Å². The Morgan fingerprint density at radius 2 is 1.79 bits per heavy atom. The zero-order valence-electron chi connectivity index (χ0n) is 10.8. The number of nitrogens with one attached hydrogen (secondary N) is 1. The van der Waals surface area contributed by atoms with E-state index in [9.17, 15) is 4.79 Å². The van der Waals surface area contributed by atoms with Gasteiger partial charge in [-0.1, -0.05) is 18.2 Å². The van der Waals surface area contributed by atoms with Crippen LogP contribution < -0.4 is 14.8 Å². The lowest BCUT2D eigenvalue weighted by atomic mass is 10.2. The molecule has 0 aliphatic rings. The van der Waals surface area contributed by atoms with Crippen LogP contribution >= 0.6 is 0 Å². The highest BCUT2D eigenvalue weighted by Crippen LogP contribution is 2.27. The summed E-state index contributed by atoms with van der Waals surface area (Å²) >= 11 is 0. The molecule has 1 amide bonds. The zero-order chi connectivity index (χ0) is 13.7. The second-order valence-electron chi connectivity index (χ2n) is 3.86. The summed E-state index contributed by atoms with van der Waals surface area (Å²) in [6.45, 7) is 0. The van der Waals surface area contributed by atoms with Crippen molar-refractivity contribution < 1.29 is 14.3 Å². The minimum atomic E-state index is -0.182. The summed E-state index contributed by atoms with van der Waals surface area (Å²) < 4.78 is 10.9. The molecule has 0 heterocycles. The molecule has 0 saturated heterocycles. The molecule has 4 heteroatoms. The molecular weight excluding hydrogens is 242 g/mol. The van der Waals surface area contributed by atoms with Gasteiger partial charge in [0.1, 0.15) is 17.2 Å². The van der Waals surface area contributed by atoms with Crippen LogP contribution in [0, 0.1) is 0 Å². The van der Waals surface area contributed by atoms with E-state index in [1.165, 1.54) is 0 Å². The summed E-state index contributed by atoms with van der Waals surface area (Å²) in [5.41, 5.74) is 0.493. The Morgan fingerprint density at radius 1 is 1.05 bits per heavy atom. The van der Waals surface area contributed by atoms with Crippen molar-refractivity contribution in [2.75, 3.05) is 14.2 Å². The van der Waals surface area contributed by atoms with Crippen molar-refractivity contribution in [3.05, 3.63) is 54.1 Å². The monoisotopic (exact) mass is 257 g/mol. The lowest BCUT2D eigenvalue weighted by molar-refractivity contribution is 0.0961. The topological polar surface area (TPSA) is 47.6 Å². The van der Waals surface area contributed by atoms with Crippen LogP contribution in [0.25, 0.3) is 0 Å². The normalized spacial score (nSPS) is 9.79. The number of para-hydroxylation sites is 1. The number of ether oxygens (including phenoxy) is 2. The van der Waals surface area contributed by atoms with Crippen LogP contribution in [0.3, 0.4) is 0 Å². The first-order chi connectivity index (χ1) is 9.24. The molecule has 0 bridgehead atoms. The number of methoxy groups -OCH3 is 1. The summed E-state index contributed by atoms with van der Waals surface area (Å²) in [4.78, 5) is 11.7. The van der Waals surface area contributed by atoms with Crippen LogP contribution in [0.4, 0.5) is 0 Å². The first-order valence-electron chi connectivity index (χ1n) is 5.87. The average molecular weight is 257 g/mol. The first-order valence-corrected chi connectivity index (χ1v) is 5.87. The van der Waals surface area contributed by atoms with Crippen molar-refractivity contribution in [3.8, 4) is 17.2 Å². The van der Waals surface area contributed by atoms with Crippen LogP contribution in [-0.2, 0) is 0 Å². The Morgan fingerprint density at radius 3 is 2.53 bits per heavy atom. The standard InChI is InChI=1S/C15H15NO3/c1-16-15(17)13-8-3-4-9-14(13)19-12-7-5-6-11(10-12)18-2/h3-10H,1-2H3,(H,16,17). The lowest BCUT2D eigenvalue weighted by Gasteiger charge is -2.10. The van der Waals surface area contributed by atoms with Gasteiger partial charge in [-0.25, -0.2) is 0 Å². The SMILES string of the molecule is CNC(=O)c1ccccc1Oc1cccc(OC)c1. The number of amides is 1. The third kappa shape index (κ3) is 3.04. The minimum Gasteiger partial charge on any atom is -0.497 e. The van der Waals surface area contributed by atoms with Gasteiger partial charge < -0.3 is 14.8 Å². The molecular formula is C15H15NO3. The first kappa shape index (κ1) is 13.0. The van der Waals surface area contributed by atoms with Crippen LogP contribution in [0.5, 0.6) is 17.2 Å². The molecule has 19 heavy (non-hydrogen) atoms. The largest absolute Gasteiger partial charge is 0.497 e. The van der Waals surface area contributed by atoms with Gasteiger partial charge >= 0.3 is 0 Å². The molecule has 0 radical (unpaired) electrons. The summed E-state index contributed by atoms with van der Waals surface area (Å²) in [6, 6.07) is 14.3. The predicted octanol–water partition coefficient (Wildman–Crippen LogP) is 2.85. The maximum atomic E-state index is 11.7. The number of hydrogen-bond acceptors (Lipinski definition) is 3. The fourth-order valence-corrected chi connectivity index (χ4v) is 1.67. The van der Waals surface area contributed by atoms with Crippen molar-refractivity contribution >= 4 is 5.91 Å². The summed E-state index contributed by atoms with van der Waals surface area (Å²) in [6.07, 6.45) is 0. The molecule has 2 aromatic rings. The van der Waals surface area contributed by atoms with Gasteiger partial charge in [-0.3, -0.25) is 4.79 Å². The second-order valence-corrected chi connectivity index (χ2v) is 3.86. The van der Waals surface area contributed by atoms with Crippen molar-refractivity contribution in [2.45, 2.75) is 0 Å². The van der Waals surface area contributed by atoms with Crippen LogP contribution in [0.1, 0.15) is 10.4 Å². The van der Waals surface area contributed by atoms with E-state index in [4.69, 9.17) is 9.47 Å². The van der Waals surface area contributed by atoms with Gasteiger partial charge in [0, 0.05) is 13.1 Å². The molecule has 0 fully saturated rings. The smallest absolute Gasteiger partial charge is 0.254 e. The maximum Gasteiger partial charge on any atom is 0.254 e. The second kappa shape index (κ2) is 5.91. The summed E-state index contributed by atoms with van der Waals surface area (Å²) in [5.74, 6) is 1.65. The molecule has 0 saturated carbocycles. The van der Waals surface area contributed by atoms with E-state index in [0.29, 0.717) is 22.8 Å². The zero-order valence-corrected chi connectivity index (χ0v) is 10.8. The molecule has 4 nitrogen and oxygen atoms in total. The average Bonchev–Trinajstić information content (AvgIpc) is 2.47. The number of carbonyl (C=O) groups is 1. The minimum absolute atomic E-state index is 0.182. The van der Waals surface area contributed by atoms with Crippen LogP contribution in [0.15, 0.2) is 48.5 Å². The molecule has 0 aliphatic carbocycles. The van der Waals surface area contributed by atoms with Gasteiger partial charge in [-0.2, -0.15) is 0 Å².